The summed E-state index contributed by atoms with van der Waals surface area (Å²) in [5.41, 5.74) is 2.49. The minimum atomic E-state index is 0.530. The Morgan fingerprint density at radius 2 is 2.15 bits per heavy atom. The van der Waals surface area contributed by atoms with Gasteiger partial charge < -0.3 is 5.32 Å². The third-order valence-electron chi connectivity index (χ3n) is 2.67. The molecule has 2 unspecified atom stereocenters. The van der Waals surface area contributed by atoms with Gasteiger partial charge >= 0.3 is 0 Å². The smallest absolute Gasteiger partial charge is 0.0640 e. The van der Waals surface area contributed by atoms with E-state index < -0.39 is 0 Å². The van der Waals surface area contributed by atoms with E-state index in [0.29, 0.717) is 12.0 Å². The molecule has 2 rings (SSSR count). The number of nitrogens with one attached hydrogen (secondary N) is 1. The second-order valence-electron chi connectivity index (χ2n) is 3.89. The molecule has 1 N–H and O–H groups in total. The fourth-order valence-electron chi connectivity index (χ4n) is 2.07. The number of para-hydroxylation sites is 1. The molecule has 0 saturated heterocycles. The van der Waals surface area contributed by atoms with Gasteiger partial charge in [0.25, 0.3) is 0 Å². The minimum Gasteiger partial charge on any atom is -0.381 e. The van der Waals surface area contributed by atoms with Gasteiger partial charge in [0.1, 0.15) is 0 Å². The molecule has 13 heavy (non-hydrogen) atoms. The van der Waals surface area contributed by atoms with Crippen molar-refractivity contribution in [3.8, 4) is 0 Å². The van der Waals surface area contributed by atoms with Crippen LogP contribution in [0.3, 0.4) is 0 Å². The van der Waals surface area contributed by atoms with Crippen LogP contribution in [0.25, 0.3) is 0 Å². The van der Waals surface area contributed by atoms with Crippen LogP contribution in [0, 0.1) is 0 Å². The lowest BCUT2D eigenvalue weighted by molar-refractivity contribution is 0.590. The Balaban J connectivity index is 2.49. The van der Waals surface area contributed by atoms with Crippen molar-refractivity contribution in [2.75, 3.05) is 5.32 Å². The van der Waals surface area contributed by atoms with E-state index in [1.54, 1.807) is 0 Å². The van der Waals surface area contributed by atoms with E-state index >= 15 is 0 Å². The molecule has 0 fully saturated rings. The third kappa shape index (κ3) is 1.53. The van der Waals surface area contributed by atoms with E-state index in [1.165, 1.54) is 12.0 Å². The van der Waals surface area contributed by atoms with E-state index in [4.69, 9.17) is 11.6 Å². The number of fused-ring (bicyclic) bond motifs is 1. The van der Waals surface area contributed by atoms with E-state index in [-0.39, 0.29) is 0 Å². The first-order valence-electron chi connectivity index (χ1n) is 4.73. The van der Waals surface area contributed by atoms with E-state index in [9.17, 15) is 0 Å². The molecule has 2 heteroatoms. The second-order valence-corrected chi connectivity index (χ2v) is 4.29. The maximum Gasteiger partial charge on any atom is 0.0640 e. The van der Waals surface area contributed by atoms with Gasteiger partial charge in [-0.3, -0.25) is 0 Å². The van der Waals surface area contributed by atoms with Gasteiger partial charge in [-0.1, -0.05) is 30.7 Å². The van der Waals surface area contributed by atoms with Crippen molar-refractivity contribution in [1.29, 1.82) is 0 Å². The molecule has 0 aliphatic carbocycles. The number of anilines is 1. The van der Waals surface area contributed by atoms with Gasteiger partial charge in [-0.2, -0.15) is 0 Å². The standard InChI is InChI=1S/C11H14ClN/c1-7-6-8(2)13-11-9(7)4-3-5-10(11)12/h3-5,7-8,13H,6H2,1-2H3. The van der Waals surface area contributed by atoms with Gasteiger partial charge in [-0.15, -0.1) is 0 Å². The summed E-state index contributed by atoms with van der Waals surface area (Å²) in [6.07, 6.45) is 1.19. The van der Waals surface area contributed by atoms with Crippen LogP contribution in [0.15, 0.2) is 18.2 Å². The molecule has 1 aliphatic rings. The van der Waals surface area contributed by atoms with Gasteiger partial charge in [0.15, 0.2) is 0 Å². The summed E-state index contributed by atoms with van der Waals surface area (Å²) < 4.78 is 0. The Bertz CT molecular complexity index is 322. The van der Waals surface area contributed by atoms with Crippen molar-refractivity contribution in [2.45, 2.75) is 32.2 Å². The number of rotatable bonds is 0. The summed E-state index contributed by atoms with van der Waals surface area (Å²) in [7, 11) is 0. The highest BCUT2D eigenvalue weighted by Crippen LogP contribution is 2.37. The van der Waals surface area contributed by atoms with Gasteiger partial charge in [0, 0.05) is 6.04 Å². The summed E-state index contributed by atoms with van der Waals surface area (Å²) >= 11 is 6.11. The van der Waals surface area contributed by atoms with Gasteiger partial charge in [-0.05, 0) is 30.9 Å². The van der Waals surface area contributed by atoms with E-state index in [0.717, 1.165) is 10.7 Å². The van der Waals surface area contributed by atoms with Crippen molar-refractivity contribution in [2.24, 2.45) is 0 Å². The maximum absolute atomic E-state index is 6.11. The van der Waals surface area contributed by atoms with Crippen LogP contribution in [0.2, 0.25) is 5.02 Å². The largest absolute Gasteiger partial charge is 0.381 e. The molecule has 1 heterocycles. The van der Waals surface area contributed by atoms with Crippen molar-refractivity contribution in [3.05, 3.63) is 28.8 Å². The average Bonchev–Trinajstić information content (AvgIpc) is 2.07. The quantitative estimate of drug-likeness (QED) is 0.667. The number of hydrogen-bond donors (Lipinski definition) is 1. The Morgan fingerprint density at radius 3 is 2.92 bits per heavy atom. The molecule has 1 nitrogen and oxygen atoms in total. The lowest BCUT2D eigenvalue weighted by Gasteiger charge is -2.29. The molecular formula is C11H14ClN. The first kappa shape index (κ1) is 8.89. The van der Waals surface area contributed by atoms with Crippen molar-refractivity contribution in [3.63, 3.8) is 0 Å². The second kappa shape index (κ2) is 3.22. The molecule has 0 saturated carbocycles. The molecule has 1 aliphatic heterocycles. The van der Waals surface area contributed by atoms with Crippen LogP contribution in [0.4, 0.5) is 5.69 Å². The van der Waals surface area contributed by atoms with Crippen LogP contribution in [0.1, 0.15) is 31.7 Å². The van der Waals surface area contributed by atoms with Crippen LogP contribution >= 0.6 is 11.6 Å². The van der Waals surface area contributed by atoms with Crippen molar-refractivity contribution >= 4 is 17.3 Å². The number of halogens is 1. The SMILES string of the molecule is CC1CC(C)c2cccc(Cl)c2N1. The molecule has 0 spiro atoms. The number of hydrogen-bond acceptors (Lipinski definition) is 1. The Morgan fingerprint density at radius 1 is 1.38 bits per heavy atom. The fraction of sp³-hybridized carbons (Fsp3) is 0.455. The highest BCUT2D eigenvalue weighted by atomic mass is 35.5. The lowest BCUT2D eigenvalue weighted by Crippen LogP contribution is -2.24. The molecule has 0 bridgehead atoms. The fourth-order valence-corrected chi connectivity index (χ4v) is 2.30. The first-order chi connectivity index (χ1) is 6.18. The minimum absolute atomic E-state index is 0.530. The Labute approximate surface area is 84.1 Å². The van der Waals surface area contributed by atoms with Crippen LogP contribution in [0.5, 0.6) is 0 Å². The zero-order chi connectivity index (χ0) is 9.42. The summed E-state index contributed by atoms with van der Waals surface area (Å²) in [4.78, 5) is 0. The van der Waals surface area contributed by atoms with E-state index in [1.807, 2.05) is 12.1 Å². The molecule has 1 aromatic carbocycles. The Hall–Kier alpha value is -0.690. The van der Waals surface area contributed by atoms with Crippen LogP contribution in [-0.4, -0.2) is 6.04 Å². The monoisotopic (exact) mass is 195 g/mol. The lowest BCUT2D eigenvalue weighted by atomic mass is 9.89. The van der Waals surface area contributed by atoms with Crippen molar-refractivity contribution in [1.82, 2.24) is 0 Å². The molecule has 70 valence electrons. The first-order valence-corrected chi connectivity index (χ1v) is 5.11. The van der Waals surface area contributed by atoms with Gasteiger partial charge in [0.2, 0.25) is 0 Å². The molecule has 0 aromatic heterocycles. The van der Waals surface area contributed by atoms with E-state index in [2.05, 4.69) is 25.2 Å². The van der Waals surface area contributed by atoms with Crippen molar-refractivity contribution < 1.29 is 0 Å². The topological polar surface area (TPSA) is 12.0 Å². The molecule has 1 aromatic rings. The average molecular weight is 196 g/mol. The summed E-state index contributed by atoms with van der Waals surface area (Å²) in [5.74, 6) is 0.616. The zero-order valence-electron chi connectivity index (χ0n) is 7.97. The predicted octanol–water partition coefficient (Wildman–Crippen LogP) is 3.65. The predicted molar refractivity (Wildman–Crippen MR) is 57.6 cm³/mol. The molecule has 0 radical (unpaired) electrons. The van der Waals surface area contributed by atoms with Gasteiger partial charge in [-0.25, -0.2) is 0 Å². The highest BCUT2D eigenvalue weighted by Gasteiger charge is 2.21. The third-order valence-corrected chi connectivity index (χ3v) is 2.99. The van der Waals surface area contributed by atoms with Crippen LogP contribution in [-0.2, 0) is 0 Å². The Kier molecular flexibility index (Phi) is 2.20. The summed E-state index contributed by atoms with van der Waals surface area (Å²) in [6.45, 7) is 4.45. The maximum atomic E-state index is 6.11. The normalized spacial score (nSPS) is 26.4. The zero-order valence-corrected chi connectivity index (χ0v) is 8.73. The molecule has 0 amide bonds. The number of benzene rings is 1. The highest BCUT2D eigenvalue weighted by molar-refractivity contribution is 6.33. The van der Waals surface area contributed by atoms with Crippen LogP contribution < -0.4 is 5.32 Å². The molecule has 2 atom stereocenters. The summed E-state index contributed by atoms with van der Waals surface area (Å²) in [6, 6.07) is 6.65. The van der Waals surface area contributed by atoms with Gasteiger partial charge in [0.05, 0.1) is 10.7 Å². The molecular weight excluding hydrogens is 182 g/mol. The summed E-state index contributed by atoms with van der Waals surface area (Å²) in [5, 5.41) is 4.27.